The summed E-state index contributed by atoms with van der Waals surface area (Å²) in [5.41, 5.74) is 5.80. The SMILES string of the molecule is CCCCCCCCCCCCCC(OCCCCCCCCCCCC)(OCCCCCCCCCCCC)O[Si]CCCN. The number of rotatable bonds is 41. The third-order valence-corrected chi connectivity index (χ3v) is 10.4. The molecule has 0 unspecified atom stereocenters. The van der Waals surface area contributed by atoms with Crippen LogP contribution in [0.25, 0.3) is 0 Å². The zero-order valence-electron chi connectivity index (χ0n) is 32.0. The van der Waals surface area contributed by atoms with E-state index in [1.54, 1.807) is 0 Å². The molecule has 0 fully saturated rings. The lowest BCUT2D eigenvalue weighted by molar-refractivity contribution is -0.349. The van der Waals surface area contributed by atoms with E-state index >= 15 is 0 Å². The van der Waals surface area contributed by atoms with Crippen molar-refractivity contribution in [1.82, 2.24) is 0 Å². The topological polar surface area (TPSA) is 53.7 Å². The summed E-state index contributed by atoms with van der Waals surface area (Å²) in [6.07, 6.45) is 43.5. The van der Waals surface area contributed by atoms with Crippen LogP contribution < -0.4 is 5.73 Å². The van der Waals surface area contributed by atoms with Crippen molar-refractivity contribution in [3.05, 3.63) is 0 Å². The first-order valence-electron chi connectivity index (χ1n) is 21.1. The Morgan fingerprint density at radius 1 is 0.391 bits per heavy atom. The Morgan fingerprint density at radius 3 is 1.02 bits per heavy atom. The minimum absolute atomic E-state index is 0.395. The van der Waals surface area contributed by atoms with Gasteiger partial charge in [0.05, 0.1) is 13.2 Å². The molecule has 0 rings (SSSR count). The molecule has 0 aromatic rings. The van der Waals surface area contributed by atoms with Gasteiger partial charge in [-0.1, -0.05) is 201 Å². The first-order chi connectivity index (χ1) is 22.7. The largest absolute Gasteiger partial charge is 0.370 e. The molecule has 0 aromatic heterocycles. The molecule has 4 nitrogen and oxygen atoms in total. The highest BCUT2D eigenvalue weighted by molar-refractivity contribution is 6.27. The van der Waals surface area contributed by atoms with Gasteiger partial charge in [-0.3, -0.25) is 0 Å². The van der Waals surface area contributed by atoms with Crippen LogP contribution in [0.4, 0.5) is 0 Å². The first kappa shape index (κ1) is 46.1. The van der Waals surface area contributed by atoms with Crippen molar-refractivity contribution in [3.63, 3.8) is 0 Å². The molecule has 0 atom stereocenters. The Bertz CT molecular complexity index is 485. The van der Waals surface area contributed by atoms with Crippen molar-refractivity contribution in [2.45, 2.75) is 245 Å². The van der Waals surface area contributed by atoms with Crippen LogP contribution in [0.1, 0.15) is 233 Å². The lowest BCUT2D eigenvalue weighted by Crippen LogP contribution is -2.41. The zero-order valence-corrected chi connectivity index (χ0v) is 33.0. The molecule has 2 N–H and O–H groups in total. The third kappa shape index (κ3) is 33.9. The van der Waals surface area contributed by atoms with Gasteiger partial charge in [0.15, 0.2) is 0 Å². The summed E-state index contributed by atoms with van der Waals surface area (Å²) < 4.78 is 19.7. The molecule has 276 valence electrons. The van der Waals surface area contributed by atoms with Gasteiger partial charge in [-0.25, -0.2) is 0 Å². The van der Waals surface area contributed by atoms with E-state index in [1.165, 1.54) is 180 Å². The van der Waals surface area contributed by atoms with Crippen LogP contribution in [0.15, 0.2) is 0 Å². The van der Waals surface area contributed by atoms with Gasteiger partial charge in [-0.15, -0.1) is 0 Å². The predicted octanol–water partition coefficient (Wildman–Crippen LogP) is 13.6. The summed E-state index contributed by atoms with van der Waals surface area (Å²) in [4.78, 5) is 0. The number of hydrogen-bond donors (Lipinski definition) is 1. The number of ether oxygens (including phenoxy) is 2. The minimum atomic E-state index is -0.856. The molecular weight excluding hydrogens is 583 g/mol. The average Bonchev–Trinajstić information content (AvgIpc) is 3.07. The quantitative estimate of drug-likeness (QED) is 0.0400. The average molecular weight is 668 g/mol. The highest BCUT2D eigenvalue weighted by atomic mass is 28.2. The van der Waals surface area contributed by atoms with E-state index in [0.717, 1.165) is 57.9 Å². The smallest absolute Gasteiger partial charge is 0.273 e. The van der Waals surface area contributed by atoms with Gasteiger partial charge in [-0.05, 0) is 38.3 Å². The maximum atomic E-state index is 6.60. The van der Waals surface area contributed by atoms with E-state index in [9.17, 15) is 0 Å². The third-order valence-electron chi connectivity index (χ3n) is 9.44. The molecule has 0 aliphatic heterocycles. The van der Waals surface area contributed by atoms with Gasteiger partial charge >= 0.3 is 0 Å². The standard InChI is InChI=1S/C41H85NO3Si/c1-4-7-10-13-16-19-22-23-26-29-32-36-41(45-46-40-35-37-42,43-38-33-30-27-24-20-17-14-11-8-5-2)44-39-34-31-28-25-21-18-15-12-9-6-3/h4-40,42H2,1-3H3. The fourth-order valence-electron chi connectivity index (χ4n) is 6.27. The van der Waals surface area contributed by atoms with Gasteiger partial charge in [0.25, 0.3) is 5.97 Å². The molecule has 0 aliphatic rings. The molecule has 0 aliphatic carbocycles. The van der Waals surface area contributed by atoms with E-state index in [1.807, 2.05) is 0 Å². The van der Waals surface area contributed by atoms with Crippen LogP contribution in [-0.2, 0) is 13.9 Å². The van der Waals surface area contributed by atoms with Crippen LogP contribution in [0.2, 0.25) is 6.04 Å². The summed E-state index contributed by atoms with van der Waals surface area (Å²) in [7, 11) is 0.395. The van der Waals surface area contributed by atoms with E-state index in [4.69, 9.17) is 19.6 Å². The van der Waals surface area contributed by atoms with Crippen LogP contribution >= 0.6 is 0 Å². The van der Waals surface area contributed by atoms with Crippen LogP contribution in [0.5, 0.6) is 0 Å². The second-order valence-corrected chi connectivity index (χ2v) is 15.2. The molecule has 0 amide bonds. The lowest BCUT2D eigenvalue weighted by atomic mass is 10.0. The van der Waals surface area contributed by atoms with Gasteiger partial charge in [0.1, 0.15) is 0 Å². The monoisotopic (exact) mass is 668 g/mol. The molecule has 46 heavy (non-hydrogen) atoms. The number of unbranched alkanes of at least 4 members (excludes halogenated alkanes) is 28. The van der Waals surface area contributed by atoms with Gasteiger partial charge in [0, 0.05) is 6.42 Å². The summed E-state index contributed by atoms with van der Waals surface area (Å²) in [5.74, 6) is -0.856. The number of nitrogens with two attached hydrogens (primary N) is 1. The van der Waals surface area contributed by atoms with Crippen molar-refractivity contribution in [2.75, 3.05) is 19.8 Å². The van der Waals surface area contributed by atoms with E-state index < -0.39 is 5.97 Å². The fraction of sp³-hybridized carbons (Fsp3) is 1.00. The normalized spacial score (nSPS) is 12.0. The predicted molar refractivity (Wildman–Crippen MR) is 205 cm³/mol. The molecule has 0 aromatic carbocycles. The van der Waals surface area contributed by atoms with Crippen LogP contribution in [-0.4, -0.2) is 35.5 Å². The van der Waals surface area contributed by atoms with Crippen molar-refractivity contribution in [2.24, 2.45) is 5.73 Å². The molecule has 2 radical (unpaired) electrons. The van der Waals surface area contributed by atoms with Crippen molar-refractivity contribution in [3.8, 4) is 0 Å². The van der Waals surface area contributed by atoms with Crippen molar-refractivity contribution in [1.29, 1.82) is 0 Å². The summed E-state index contributed by atoms with van der Waals surface area (Å²) in [6.45, 7) is 9.10. The molecule has 0 saturated carbocycles. The summed E-state index contributed by atoms with van der Waals surface area (Å²) in [6, 6.07) is 1.000. The molecule has 0 saturated heterocycles. The van der Waals surface area contributed by atoms with Gasteiger partial charge in [0.2, 0.25) is 9.76 Å². The summed E-state index contributed by atoms with van der Waals surface area (Å²) in [5, 5.41) is 0. The Hall–Kier alpha value is 0.0569. The van der Waals surface area contributed by atoms with Crippen LogP contribution in [0, 0.1) is 0 Å². The Kier molecular flexibility index (Phi) is 39.5. The molecule has 0 spiro atoms. The van der Waals surface area contributed by atoms with E-state index in [-0.39, 0.29) is 0 Å². The van der Waals surface area contributed by atoms with Crippen LogP contribution in [0.3, 0.4) is 0 Å². The Balaban J connectivity index is 4.64. The maximum absolute atomic E-state index is 6.60. The van der Waals surface area contributed by atoms with Gasteiger partial charge in [-0.2, -0.15) is 0 Å². The summed E-state index contributed by atoms with van der Waals surface area (Å²) >= 11 is 0. The Labute approximate surface area is 293 Å². The minimum Gasteiger partial charge on any atom is -0.370 e. The second-order valence-electron chi connectivity index (χ2n) is 14.2. The van der Waals surface area contributed by atoms with Crippen molar-refractivity contribution >= 4 is 9.76 Å². The molecule has 0 bridgehead atoms. The van der Waals surface area contributed by atoms with E-state index in [0.29, 0.717) is 9.76 Å². The molecule has 0 heterocycles. The van der Waals surface area contributed by atoms with E-state index in [2.05, 4.69) is 20.8 Å². The van der Waals surface area contributed by atoms with Crippen molar-refractivity contribution < 1.29 is 13.9 Å². The van der Waals surface area contributed by atoms with Gasteiger partial charge < -0.3 is 19.6 Å². The highest BCUT2D eigenvalue weighted by Gasteiger charge is 2.33. The zero-order chi connectivity index (χ0) is 33.5. The Morgan fingerprint density at radius 2 is 0.696 bits per heavy atom. The molecule has 5 heteroatoms. The number of hydrogen-bond acceptors (Lipinski definition) is 4. The second kappa shape index (κ2) is 39.5. The highest BCUT2D eigenvalue weighted by Crippen LogP contribution is 2.26. The fourth-order valence-corrected chi connectivity index (χ4v) is 7.16. The molecular formula is C41H85NO3Si. The first-order valence-corrected chi connectivity index (χ1v) is 22.2. The lowest BCUT2D eigenvalue weighted by Gasteiger charge is -2.34. The maximum Gasteiger partial charge on any atom is 0.273 e.